The van der Waals surface area contributed by atoms with Gasteiger partial charge in [0.2, 0.25) is 5.95 Å². The molecule has 0 aliphatic heterocycles. The summed E-state index contributed by atoms with van der Waals surface area (Å²) in [7, 11) is 5.77. The van der Waals surface area contributed by atoms with Crippen molar-refractivity contribution in [2.24, 2.45) is 7.05 Å². The lowest BCUT2D eigenvalue weighted by molar-refractivity contribution is 0.206. The molecule has 0 amide bonds. The second-order valence-electron chi connectivity index (χ2n) is 7.03. The largest absolute Gasteiger partial charge is 0.383 e. The van der Waals surface area contributed by atoms with Gasteiger partial charge in [-0.1, -0.05) is 35.9 Å². The van der Waals surface area contributed by atoms with Gasteiger partial charge in [0, 0.05) is 50.1 Å². The van der Waals surface area contributed by atoms with Crippen molar-refractivity contribution in [3.05, 3.63) is 65.8 Å². The Kier molecular flexibility index (Phi) is 5.51. The molecule has 0 saturated heterocycles. The van der Waals surface area contributed by atoms with Crippen LogP contribution >= 0.6 is 11.6 Å². The Bertz CT molecular complexity index is 1120. The van der Waals surface area contributed by atoms with Crippen LogP contribution < -0.4 is 4.90 Å². The van der Waals surface area contributed by atoms with E-state index >= 15 is 0 Å². The fraction of sp³-hybridized carbons (Fsp3) is 0.217. The molecule has 0 bridgehead atoms. The number of likely N-dealkylation sites (N-methyl/N-ethyl adjacent to an activating group) is 1. The van der Waals surface area contributed by atoms with Crippen molar-refractivity contribution < 1.29 is 4.74 Å². The number of methoxy groups -OCH3 is 1. The Labute approximate surface area is 175 Å². The first kappa shape index (κ1) is 19.4. The standard InChI is InChI=1S/C23H23ClN4O/c1-27(12-13-29-3)23-26-21-14-17(7-11-22(21)28(23)2)20-10-6-18(15-25-20)16-4-8-19(24)9-5-16/h4-11,14-15H,12-13H2,1-3H3. The Morgan fingerprint density at radius 1 is 1.00 bits per heavy atom. The second-order valence-corrected chi connectivity index (χ2v) is 7.46. The summed E-state index contributed by atoms with van der Waals surface area (Å²) in [6.45, 7) is 1.45. The van der Waals surface area contributed by atoms with Gasteiger partial charge in [-0.15, -0.1) is 0 Å². The Hall–Kier alpha value is -2.89. The fourth-order valence-corrected chi connectivity index (χ4v) is 3.52. The molecule has 4 aromatic rings. The van der Waals surface area contributed by atoms with E-state index in [9.17, 15) is 0 Å². The van der Waals surface area contributed by atoms with Gasteiger partial charge in [0.15, 0.2) is 0 Å². The minimum atomic E-state index is 0.662. The number of aromatic nitrogens is 3. The highest BCUT2D eigenvalue weighted by atomic mass is 35.5. The zero-order valence-electron chi connectivity index (χ0n) is 16.8. The van der Waals surface area contributed by atoms with Gasteiger partial charge in [-0.3, -0.25) is 4.98 Å². The van der Waals surface area contributed by atoms with E-state index in [-0.39, 0.29) is 0 Å². The van der Waals surface area contributed by atoms with Crippen LogP contribution in [-0.4, -0.2) is 41.8 Å². The molecule has 0 atom stereocenters. The number of halogens is 1. The van der Waals surface area contributed by atoms with Crippen molar-refractivity contribution >= 4 is 28.6 Å². The molecular formula is C23H23ClN4O. The fourth-order valence-electron chi connectivity index (χ4n) is 3.39. The Balaban J connectivity index is 1.63. The third-order valence-electron chi connectivity index (χ3n) is 5.07. The molecule has 148 valence electrons. The Morgan fingerprint density at radius 2 is 1.72 bits per heavy atom. The molecule has 2 aromatic carbocycles. The van der Waals surface area contributed by atoms with Crippen molar-refractivity contribution in [1.29, 1.82) is 0 Å². The van der Waals surface area contributed by atoms with Gasteiger partial charge >= 0.3 is 0 Å². The van der Waals surface area contributed by atoms with E-state index in [1.54, 1.807) is 7.11 Å². The predicted molar refractivity (Wildman–Crippen MR) is 120 cm³/mol. The van der Waals surface area contributed by atoms with Gasteiger partial charge in [-0.25, -0.2) is 4.98 Å². The summed E-state index contributed by atoms with van der Waals surface area (Å²) in [6.07, 6.45) is 1.89. The van der Waals surface area contributed by atoms with Gasteiger partial charge in [0.25, 0.3) is 0 Å². The minimum absolute atomic E-state index is 0.662. The van der Waals surface area contributed by atoms with Crippen LogP contribution in [0.25, 0.3) is 33.4 Å². The lowest BCUT2D eigenvalue weighted by atomic mass is 10.1. The maximum absolute atomic E-state index is 5.98. The molecule has 2 aromatic heterocycles. The van der Waals surface area contributed by atoms with Crippen molar-refractivity contribution in [2.75, 3.05) is 32.2 Å². The summed E-state index contributed by atoms with van der Waals surface area (Å²) in [5.74, 6) is 0.917. The van der Waals surface area contributed by atoms with Crippen LogP contribution in [0.5, 0.6) is 0 Å². The van der Waals surface area contributed by atoms with Gasteiger partial charge in [0.1, 0.15) is 0 Å². The molecule has 0 fully saturated rings. The average Bonchev–Trinajstić information content (AvgIpc) is 3.09. The van der Waals surface area contributed by atoms with E-state index in [0.29, 0.717) is 6.61 Å². The van der Waals surface area contributed by atoms with Gasteiger partial charge in [0.05, 0.1) is 23.3 Å². The van der Waals surface area contributed by atoms with E-state index in [2.05, 4.69) is 38.7 Å². The first-order valence-electron chi connectivity index (χ1n) is 9.46. The lowest BCUT2D eigenvalue weighted by Gasteiger charge is -2.17. The van der Waals surface area contributed by atoms with Crippen LogP contribution in [0.3, 0.4) is 0 Å². The molecule has 0 unspecified atom stereocenters. The minimum Gasteiger partial charge on any atom is -0.383 e. The van der Waals surface area contributed by atoms with Crippen molar-refractivity contribution in [2.45, 2.75) is 0 Å². The van der Waals surface area contributed by atoms with Crippen LogP contribution in [0.15, 0.2) is 60.8 Å². The van der Waals surface area contributed by atoms with Crippen molar-refractivity contribution in [3.63, 3.8) is 0 Å². The summed E-state index contributed by atoms with van der Waals surface area (Å²) in [4.78, 5) is 11.6. The molecule has 29 heavy (non-hydrogen) atoms. The molecular weight excluding hydrogens is 384 g/mol. The molecule has 0 radical (unpaired) electrons. The number of hydrogen-bond donors (Lipinski definition) is 0. The Morgan fingerprint density at radius 3 is 2.41 bits per heavy atom. The maximum atomic E-state index is 5.98. The van der Waals surface area contributed by atoms with E-state index in [4.69, 9.17) is 21.3 Å². The topological polar surface area (TPSA) is 43.2 Å². The number of nitrogens with zero attached hydrogens (tertiary/aromatic N) is 4. The molecule has 5 nitrogen and oxygen atoms in total. The molecule has 0 aliphatic carbocycles. The number of fused-ring (bicyclic) bond motifs is 1. The quantitative estimate of drug-likeness (QED) is 0.450. The second kappa shape index (κ2) is 8.23. The summed E-state index contributed by atoms with van der Waals surface area (Å²) in [6, 6.07) is 18.2. The zero-order chi connectivity index (χ0) is 20.4. The average molecular weight is 407 g/mol. The number of anilines is 1. The number of imidazole rings is 1. The van der Waals surface area contributed by atoms with E-state index < -0.39 is 0 Å². The van der Waals surface area contributed by atoms with Crippen LogP contribution in [0.1, 0.15) is 0 Å². The SMILES string of the molecule is COCCN(C)c1nc2cc(-c3ccc(-c4ccc(Cl)cc4)cn3)ccc2n1C. The monoisotopic (exact) mass is 406 g/mol. The first-order valence-corrected chi connectivity index (χ1v) is 9.83. The van der Waals surface area contributed by atoms with E-state index in [1.165, 1.54) is 0 Å². The predicted octanol–water partition coefficient (Wildman–Crippen LogP) is 5.04. The highest BCUT2D eigenvalue weighted by molar-refractivity contribution is 6.30. The molecule has 0 saturated carbocycles. The third kappa shape index (κ3) is 3.97. The van der Waals surface area contributed by atoms with Crippen molar-refractivity contribution in [3.8, 4) is 22.4 Å². The smallest absolute Gasteiger partial charge is 0.206 e. The molecule has 2 heterocycles. The summed E-state index contributed by atoms with van der Waals surface area (Å²) in [5.41, 5.74) is 6.16. The van der Waals surface area contributed by atoms with Crippen LogP contribution in [-0.2, 0) is 11.8 Å². The third-order valence-corrected chi connectivity index (χ3v) is 5.32. The first-order chi connectivity index (χ1) is 14.1. The number of pyridine rings is 1. The highest BCUT2D eigenvalue weighted by Crippen LogP contribution is 2.27. The van der Waals surface area contributed by atoms with Gasteiger partial charge < -0.3 is 14.2 Å². The molecule has 0 aliphatic rings. The summed E-state index contributed by atoms with van der Waals surface area (Å²) in [5, 5.41) is 0.731. The molecule has 4 rings (SSSR count). The number of hydrogen-bond acceptors (Lipinski definition) is 4. The van der Waals surface area contributed by atoms with Gasteiger partial charge in [-0.2, -0.15) is 0 Å². The highest BCUT2D eigenvalue weighted by Gasteiger charge is 2.13. The van der Waals surface area contributed by atoms with E-state index in [1.807, 2.05) is 50.6 Å². The molecule has 0 spiro atoms. The normalized spacial score (nSPS) is 11.2. The molecule has 6 heteroatoms. The lowest BCUT2D eigenvalue weighted by Crippen LogP contribution is -2.24. The van der Waals surface area contributed by atoms with Crippen molar-refractivity contribution in [1.82, 2.24) is 14.5 Å². The number of rotatable bonds is 6. The number of benzene rings is 2. The summed E-state index contributed by atoms with van der Waals surface area (Å²) < 4.78 is 7.28. The van der Waals surface area contributed by atoms with Crippen LogP contribution in [0.4, 0.5) is 5.95 Å². The molecule has 0 N–H and O–H groups in total. The zero-order valence-corrected chi connectivity index (χ0v) is 17.5. The van der Waals surface area contributed by atoms with Gasteiger partial charge in [-0.05, 0) is 35.9 Å². The number of ether oxygens (including phenoxy) is 1. The maximum Gasteiger partial charge on any atom is 0.206 e. The number of aryl methyl sites for hydroxylation is 1. The van der Waals surface area contributed by atoms with E-state index in [0.717, 1.165) is 50.9 Å². The summed E-state index contributed by atoms with van der Waals surface area (Å²) >= 11 is 5.98. The van der Waals surface area contributed by atoms with Crippen LogP contribution in [0, 0.1) is 0 Å². The van der Waals surface area contributed by atoms with Crippen LogP contribution in [0.2, 0.25) is 5.02 Å².